The molecule has 6 nitrogen and oxygen atoms in total. The van der Waals surface area contributed by atoms with E-state index in [4.69, 9.17) is 0 Å². The molecule has 0 radical (unpaired) electrons. The summed E-state index contributed by atoms with van der Waals surface area (Å²) >= 11 is 0. The van der Waals surface area contributed by atoms with Gasteiger partial charge in [0.1, 0.15) is 0 Å². The minimum Gasteiger partial charge on any atom is -0.392 e. The number of nitrogens with zero attached hydrogens (tertiary/aromatic N) is 1. The Bertz CT molecular complexity index is 568. The Labute approximate surface area is 282 Å². The third kappa shape index (κ3) is 32.1. The van der Waals surface area contributed by atoms with E-state index in [9.17, 15) is 15.3 Å². The van der Waals surface area contributed by atoms with Crippen molar-refractivity contribution in [1.29, 1.82) is 0 Å². The van der Waals surface area contributed by atoms with Crippen molar-refractivity contribution in [3.05, 3.63) is 0 Å². The zero-order valence-corrected chi connectivity index (χ0v) is 31.0. The van der Waals surface area contributed by atoms with Gasteiger partial charge in [-0.25, -0.2) is 0 Å². The van der Waals surface area contributed by atoms with Gasteiger partial charge in [-0.2, -0.15) is 0 Å². The monoisotopic (exact) mass is 642 g/mol. The lowest BCUT2D eigenvalue weighted by Crippen LogP contribution is -2.40. The van der Waals surface area contributed by atoms with Crippen LogP contribution in [0.3, 0.4) is 0 Å². The third-order valence-electron chi connectivity index (χ3n) is 9.63. The van der Waals surface area contributed by atoms with Gasteiger partial charge in [-0.05, 0) is 51.1 Å². The predicted octanol–water partition coefficient (Wildman–Crippen LogP) is 8.61. The fourth-order valence-corrected chi connectivity index (χ4v) is 6.23. The first kappa shape index (κ1) is 44.8. The first-order chi connectivity index (χ1) is 21.9. The van der Waals surface area contributed by atoms with Crippen molar-refractivity contribution in [1.82, 2.24) is 15.5 Å². The van der Waals surface area contributed by atoms with Gasteiger partial charge in [0.15, 0.2) is 0 Å². The number of aliphatic hydroxyl groups excluding tert-OH is 3. The summed E-state index contributed by atoms with van der Waals surface area (Å²) in [5.74, 6) is 0.308. The van der Waals surface area contributed by atoms with E-state index < -0.39 is 0 Å². The van der Waals surface area contributed by atoms with Crippen LogP contribution in [0.1, 0.15) is 182 Å². The Morgan fingerprint density at radius 1 is 0.489 bits per heavy atom. The smallest absolute Gasteiger partial charge is 0.0692 e. The molecule has 0 aliphatic rings. The van der Waals surface area contributed by atoms with Gasteiger partial charge in [0.05, 0.1) is 18.3 Å². The average Bonchev–Trinajstić information content (AvgIpc) is 3.03. The fraction of sp³-hybridized carbons (Fsp3) is 1.00. The zero-order valence-electron chi connectivity index (χ0n) is 31.0. The minimum absolute atomic E-state index is 0.243. The molecule has 0 aliphatic carbocycles. The Kier molecular flexibility index (Phi) is 34.9. The molecule has 0 aliphatic heterocycles. The van der Waals surface area contributed by atoms with Crippen LogP contribution in [-0.4, -0.2) is 84.3 Å². The summed E-state index contributed by atoms with van der Waals surface area (Å²) in [7, 11) is 0. The molecule has 0 saturated carbocycles. The average molecular weight is 642 g/mol. The summed E-state index contributed by atoms with van der Waals surface area (Å²) in [5.41, 5.74) is 0. The molecule has 0 rings (SSSR count). The topological polar surface area (TPSA) is 88.0 Å². The normalized spacial score (nSPS) is 14.7. The van der Waals surface area contributed by atoms with Crippen molar-refractivity contribution in [3.63, 3.8) is 0 Å². The molecule has 0 fully saturated rings. The van der Waals surface area contributed by atoms with Gasteiger partial charge in [-0.3, -0.25) is 4.90 Å². The highest BCUT2D eigenvalue weighted by atomic mass is 16.3. The molecule has 4 unspecified atom stereocenters. The van der Waals surface area contributed by atoms with Crippen LogP contribution in [-0.2, 0) is 0 Å². The van der Waals surface area contributed by atoms with Gasteiger partial charge in [-0.15, -0.1) is 0 Å². The number of aliphatic hydroxyl groups is 3. The third-order valence-corrected chi connectivity index (χ3v) is 9.63. The van der Waals surface area contributed by atoms with Crippen molar-refractivity contribution in [3.8, 4) is 0 Å². The van der Waals surface area contributed by atoms with Gasteiger partial charge < -0.3 is 26.0 Å². The van der Waals surface area contributed by atoms with E-state index in [1.54, 1.807) is 0 Å². The van der Waals surface area contributed by atoms with Gasteiger partial charge >= 0.3 is 0 Å². The van der Waals surface area contributed by atoms with Gasteiger partial charge in [-0.1, -0.05) is 150 Å². The molecule has 45 heavy (non-hydrogen) atoms. The standard InChI is InChI=1S/C39H83N3O3/c1-5-8-10-12-14-16-17-19-21-24-28-38(44)34-42(32-26-22-25-29-40-30-31-41-33-37(43)7-3)35-39(45)36(4)27-23-20-18-15-13-11-9-6-2/h36-41,43-45H,5-35H2,1-4H3. The Hall–Kier alpha value is -0.240. The molecule has 0 bridgehead atoms. The molecule has 0 spiro atoms. The maximum Gasteiger partial charge on any atom is 0.0692 e. The zero-order chi connectivity index (χ0) is 33.2. The quantitative estimate of drug-likeness (QED) is 0.0437. The molecule has 0 aromatic carbocycles. The van der Waals surface area contributed by atoms with Crippen molar-refractivity contribution >= 4 is 0 Å². The van der Waals surface area contributed by atoms with Crippen LogP contribution in [0.4, 0.5) is 0 Å². The largest absolute Gasteiger partial charge is 0.392 e. The number of unbranched alkanes of at least 4 members (excludes halogenated alkanes) is 18. The van der Waals surface area contributed by atoms with Crippen molar-refractivity contribution in [2.24, 2.45) is 5.92 Å². The number of hydrogen-bond acceptors (Lipinski definition) is 6. The van der Waals surface area contributed by atoms with E-state index in [1.807, 2.05) is 6.92 Å². The summed E-state index contributed by atoms with van der Waals surface area (Å²) in [6, 6.07) is 0. The lowest BCUT2D eigenvalue weighted by atomic mass is 9.96. The number of hydrogen-bond donors (Lipinski definition) is 5. The molecule has 0 amide bonds. The van der Waals surface area contributed by atoms with Crippen molar-refractivity contribution < 1.29 is 15.3 Å². The van der Waals surface area contributed by atoms with Crippen LogP contribution in [0.5, 0.6) is 0 Å². The van der Waals surface area contributed by atoms with Crippen LogP contribution < -0.4 is 10.6 Å². The maximum absolute atomic E-state index is 11.1. The van der Waals surface area contributed by atoms with Gasteiger partial charge in [0, 0.05) is 32.7 Å². The molecule has 272 valence electrons. The highest BCUT2D eigenvalue weighted by Gasteiger charge is 2.20. The molecule has 0 aromatic rings. The maximum atomic E-state index is 11.1. The van der Waals surface area contributed by atoms with E-state index in [-0.39, 0.29) is 18.3 Å². The molecule has 0 heterocycles. The van der Waals surface area contributed by atoms with Crippen molar-refractivity contribution in [2.45, 2.75) is 200 Å². The molecule has 0 saturated heterocycles. The number of rotatable bonds is 37. The first-order valence-electron chi connectivity index (χ1n) is 20.1. The van der Waals surface area contributed by atoms with E-state index in [0.29, 0.717) is 25.6 Å². The fourth-order valence-electron chi connectivity index (χ4n) is 6.23. The number of nitrogens with one attached hydrogen (secondary N) is 2. The lowest BCUT2D eigenvalue weighted by molar-refractivity contribution is 0.0389. The second-order valence-corrected chi connectivity index (χ2v) is 14.3. The summed E-state index contributed by atoms with van der Waals surface area (Å²) in [6.07, 6.45) is 29.2. The highest BCUT2D eigenvalue weighted by Crippen LogP contribution is 2.18. The van der Waals surface area contributed by atoms with Gasteiger partial charge in [0.2, 0.25) is 0 Å². The van der Waals surface area contributed by atoms with E-state index >= 15 is 0 Å². The van der Waals surface area contributed by atoms with Gasteiger partial charge in [0.25, 0.3) is 0 Å². The Balaban J connectivity index is 4.36. The summed E-state index contributed by atoms with van der Waals surface area (Å²) in [4.78, 5) is 2.35. The summed E-state index contributed by atoms with van der Waals surface area (Å²) in [6.45, 7) is 14.6. The van der Waals surface area contributed by atoms with Crippen LogP contribution in [0.2, 0.25) is 0 Å². The van der Waals surface area contributed by atoms with Crippen molar-refractivity contribution in [2.75, 3.05) is 45.8 Å². The summed E-state index contributed by atoms with van der Waals surface area (Å²) in [5, 5.41) is 38.4. The Morgan fingerprint density at radius 2 is 0.978 bits per heavy atom. The second kappa shape index (κ2) is 35.1. The van der Waals surface area contributed by atoms with Crippen LogP contribution >= 0.6 is 0 Å². The molecular weight excluding hydrogens is 558 g/mol. The van der Waals surface area contributed by atoms with Crippen LogP contribution in [0, 0.1) is 5.92 Å². The first-order valence-corrected chi connectivity index (χ1v) is 20.1. The molecular formula is C39H83N3O3. The minimum atomic E-state index is -0.320. The van der Waals surface area contributed by atoms with E-state index in [2.05, 4.69) is 36.3 Å². The molecule has 5 N–H and O–H groups in total. The predicted molar refractivity (Wildman–Crippen MR) is 197 cm³/mol. The van der Waals surface area contributed by atoms with Crippen LogP contribution in [0.25, 0.3) is 0 Å². The Morgan fingerprint density at radius 3 is 1.53 bits per heavy atom. The molecule has 0 aromatic heterocycles. The second-order valence-electron chi connectivity index (χ2n) is 14.3. The van der Waals surface area contributed by atoms with Crippen LogP contribution in [0.15, 0.2) is 0 Å². The molecule has 6 heteroatoms. The SMILES string of the molecule is CCCCCCCCCCCCC(O)CN(CCCCCNCCNCC(O)CC)CC(O)C(C)CCCCCCCCCC. The summed E-state index contributed by atoms with van der Waals surface area (Å²) < 4.78 is 0. The van der Waals surface area contributed by atoms with E-state index in [1.165, 1.54) is 109 Å². The lowest BCUT2D eigenvalue weighted by Gasteiger charge is -2.30. The highest BCUT2D eigenvalue weighted by molar-refractivity contribution is 4.73. The molecule has 4 atom stereocenters. The van der Waals surface area contributed by atoms with E-state index in [0.717, 1.165) is 71.1 Å².